The highest BCUT2D eigenvalue weighted by atomic mass is 16.5. The van der Waals surface area contributed by atoms with Crippen LogP contribution in [0.4, 0.5) is 0 Å². The monoisotopic (exact) mass is 325 g/mol. The molecular weight excluding hydrogens is 302 g/mol. The first-order valence-electron chi connectivity index (χ1n) is 8.40. The van der Waals surface area contributed by atoms with E-state index in [9.17, 15) is 9.90 Å². The van der Waals surface area contributed by atoms with Gasteiger partial charge in [-0.05, 0) is 62.0 Å². The predicted molar refractivity (Wildman–Crippen MR) is 92.7 cm³/mol. The Labute approximate surface area is 143 Å². The van der Waals surface area contributed by atoms with E-state index in [1.165, 1.54) is 7.11 Å². The zero-order chi connectivity index (χ0) is 17.1. The summed E-state index contributed by atoms with van der Waals surface area (Å²) in [4.78, 5) is 14.0. The van der Waals surface area contributed by atoms with Crippen LogP contribution in [0.25, 0.3) is 0 Å². The van der Waals surface area contributed by atoms with Crippen LogP contribution in [-0.4, -0.2) is 48.3 Å². The lowest BCUT2D eigenvalue weighted by Gasteiger charge is -2.46. The number of carbonyl (C=O) groups is 1. The van der Waals surface area contributed by atoms with Gasteiger partial charge in [-0.3, -0.25) is 4.90 Å². The number of hydrogen-bond acceptors (Lipinski definition) is 4. The lowest BCUT2D eigenvalue weighted by Crippen LogP contribution is -2.57. The summed E-state index contributed by atoms with van der Waals surface area (Å²) in [5.74, 6) is 6.49. The van der Waals surface area contributed by atoms with Gasteiger partial charge < -0.3 is 9.84 Å². The van der Waals surface area contributed by atoms with E-state index >= 15 is 0 Å². The van der Waals surface area contributed by atoms with Crippen molar-refractivity contribution in [3.8, 4) is 11.8 Å². The Bertz CT molecular complexity index is 691. The van der Waals surface area contributed by atoms with Gasteiger partial charge in [-0.2, -0.15) is 0 Å². The molecule has 1 aromatic rings. The van der Waals surface area contributed by atoms with Crippen molar-refractivity contribution in [3.63, 3.8) is 0 Å². The maximum Gasteiger partial charge on any atom is 0.337 e. The van der Waals surface area contributed by atoms with Crippen molar-refractivity contribution in [2.75, 3.05) is 20.2 Å². The number of aliphatic hydroxyl groups excluding tert-OH is 1. The number of allylic oxidation sites excluding steroid dienone is 1. The van der Waals surface area contributed by atoms with E-state index in [4.69, 9.17) is 4.74 Å². The van der Waals surface area contributed by atoms with Gasteiger partial charge in [-0.25, -0.2) is 4.79 Å². The number of methoxy groups -OCH3 is 1. The van der Waals surface area contributed by atoms with Gasteiger partial charge in [0.25, 0.3) is 0 Å². The van der Waals surface area contributed by atoms with Crippen LogP contribution in [0.2, 0.25) is 0 Å². The molecule has 4 heteroatoms. The lowest BCUT2D eigenvalue weighted by molar-refractivity contribution is -0.0500. The van der Waals surface area contributed by atoms with Crippen LogP contribution in [0.1, 0.15) is 34.3 Å². The maximum absolute atomic E-state index is 11.7. The summed E-state index contributed by atoms with van der Waals surface area (Å²) in [7, 11) is 1.37. The Morgan fingerprint density at radius 2 is 2.21 bits per heavy atom. The zero-order valence-electron chi connectivity index (χ0n) is 14.0. The number of aliphatic hydroxyl groups is 1. The summed E-state index contributed by atoms with van der Waals surface area (Å²) in [6, 6.07) is 5.29. The number of benzene rings is 1. The van der Waals surface area contributed by atoms with E-state index in [0.717, 1.165) is 37.1 Å². The number of piperidine rings is 3. The molecule has 0 amide bonds. The minimum absolute atomic E-state index is 0.0886. The lowest BCUT2D eigenvalue weighted by atomic mass is 9.81. The molecule has 2 atom stereocenters. The molecule has 2 bridgehead atoms. The molecule has 1 aromatic carbocycles. The second kappa shape index (κ2) is 7.21. The molecule has 2 unspecified atom stereocenters. The molecule has 24 heavy (non-hydrogen) atoms. The van der Waals surface area contributed by atoms with Gasteiger partial charge in [0.1, 0.15) is 0 Å². The Balaban J connectivity index is 1.87. The summed E-state index contributed by atoms with van der Waals surface area (Å²) in [6.45, 7) is 5.80. The smallest absolute Gasteiger partial charge is 0.337 e. The standard InChI is InChI=1S/C20H23NO3/c1-3-4-16-13-17(20(23)24-2)6-5-14(16)7-8-18-19(22)15-9-11-21(18)12-10-15/h3,5-6,13,15,18-19,22H,1,4,9-12H2,2H3. The van der Waals surface area contributed by atoms with Gasteiger partial charge in [0.2, 0.25) is 0 Å². The summed E-state index contributed by atoms with van der Waals surface area (Å²) in [5, 5.41) is 10.4. The number of hydrogen-bond donors (Lipinski definition) is 1. The van der Waals surface area contributed by atoms with Crippen LogP contribution in [0.3, 0.4) is 0 Å². The van der Waals surface area contributed by atoms with E-state index in [2.05, 4.69) is 23.3 Å². The molecule has 0 saturated carbocycles. The summed E-state index contributed by atoms with van der Waals surface area (Å²) >= 11 is 0. The maximum atomic E-state index is 11.7. The molecule has 0 aromatic heterocycles. The fraction of sp³-hybridized carbons (Fsp3) is 0.450. The Hall–Kier alpha value is -2.09. The highest BCUT2D eigenvalue weighted by Gasteiger charge is 2.40. The van der Waals surface area contributed by atoms with E-state index < -0.39 is 0 Å². The minimum Gasteiger partial charge on any atom is -0.465 e. The SMILES string of the molecule is C=CCc1cc(C(=O)OC)ccc1C#CC1C(O)C2CCN1CC2. The number of fused-ring (bicyclic) bond motifs is 3. The molecule has 3 saturated heterocycles. The zero-order valence-corrected chi connectivity index (χ0v) is 14.0. The quantitative estimate of drug-likeness (QED) is 0.525. The molecule has 3 heterocycles. The molecule has 0 aliphatic carbocycles. The molecule has 0 spiro atoms. The molecule has 3 aliphatic heterocycles. The van der Waals surface area contributed by atoms with E-state index in [-0.39, 0.29) is 18.1 Å². The van der Waals surface area contributed by atoms with Crippen LogP contribution >= 0.6 is 0 Å². The molecule has 126 valence electrons. The van der Waals surface area contributed by atoms with Crippen LogP contribution in [-0.2, 0) is 11.2 Å². The van der Waals surface area contributed by atoms with Crippen LogP contribution in [0.15, 0.2) is 30.9 Å². The first-order chi connectivity index (χ1) is 11.6. The second-order valence-corrected chi connectivity index (χ2v) is 6.43. The van der Waals surface area contributed by atoms with Crippen molar-refractivity contribution in [2.24, 2.45) is 5.92 Å². The molecular formula is C20H23NO3. The van der Waals surface area contributed by atoms with Crippen LogP contribution < -0.4 is 0 Å². The number of esters is 1. The number of ether oxygens (including phenoxy) is 1. The highest BCUT2D eigenvalue weighted by Crippen LogP contribution is 2.32. The fourth-order valence-corrected chi connectivity index (χ4v) is 3.63. The molecule has 1 N–H and O–H groups in total. The molecule has 0 radical (unpaired) electrons. The molecule has 3 fully saturated rings. The average Bonchev–Trinajstić information content (AvgIpc) is 2.62. The van der Waals surface area contributed by atoms with Gasteiger partial charge in [0.05, 0.1) is 24.8 Å². The van der Waals surface area contributed by atoms with Crippen molar-refractivity contribution in [2.45, 2.75) is 31.4 Å². The highest BCUT2D eigenvalue weighted by molar-refractivity contribution is 5.89. The fourth-order valence-electron chi connectivity index (χ4n) is 3.63. The van der Waals surface area contributed by atoms with Gasteiger partial charge in [-0.15, -0.1) is 6.58 Å². The number of nitrogens with zero attached hydrogens (tertiary/aromatic N) is 1. The van der Waals surface area contributed by atoms with Gasteiger partial charge in [-0.1, -0.05) is 17.9 Å². The predicted octanol–water partition coefficient (Wildman–Crippen LogP) is 2.01. The topological polar surface area (TPSA) is 49.8 Å². The van der Waals surface area contributed by atoms with E-state index in [1.807, 2.05) is 6.07 Å². The third-order valence-electron chi connectivity index (χ3n) is 5.02. The van der Waals surface area contributed by atoms with Gasteiger partial charge in [0.15, 0.2) is 0 Å². The Kier molecular flexibility index (Phi) is 5.03. The molecule has 4 rings (SSSR count). The minimum atomic E-state index is -0.364. The van der Waals surface area contributed by atoms with Crippen molar-refractivity contribution < 1.29 is 14.6 Å². The summed E-state index contributed by atoms with van der Waals surface area (Å²) in [5.41, 5.74) is 2.34. The summed E-state index contributed by atoms with van der Waals surface area (Å²) in [6.07, 6.45) is 4.19. The van der Waals surface area contributed by atoms with Gasteiger partial charge in [0, 0.05) is 5.56 Å². The second-order valence-electron chi connectivity index (χ2n) is 6.43. The molecule has 4 nitrogen and oxygen atoms in total. The number of rotatable bonds is 3. The molecule has 3 aliphatic rings. The number of carbonyl (C=O) groups excluding carboxylic acids is 1. The van der Waals surface area contributed by atoms with Crippen LogP contribution in [0, 0.1) is 17.8 Å². The van der Waals surface area contributed by atoms with Crippen molar-refractivity contribution in [3.05, 3.63) is 47.5 Å². The Morgan fingerprint density at radius 3 is 2.83 bits per heavy atom. The Morgan fingerprint density at radius 1 is 1.46 bits per heavy atom. The third kappa shape index (κ3) is 3.24. The van der Waals surface area contributed by atoms with Crippen LogP contribution in [0.5, 0.6) is 0 Å². The van der Waals surface area contributed by atoms with Gasteiger partial charge >= 0.3 is 5.97 Å². The van der Waals surface area contributed by atoms with Crippen molar-refractivity contribution >= 4 is 5.97 Å². The first kappa shape index (κ1) is 16.8. The normalized spacial score (nSPS) is 27.9. The van der Waals surface area contributed by atoms with E-state index in [1.54, 1.807) is 18.2 Å². The summed E-state index contributed by atoms with van der Waals surface area (Å²) < 4.78 is 4.77. The van der Waals surface area contributed by atoms with Crippen molar-refractivity contribution in [1.82, 2.24) is 4.90 Å². The van der Waals surface area contributed by atoms with Crippen molar-refractivity contribution in [1.29, 1.82) is 0 Å². The largest absolute Gasteiger partial charge is 0.465 e. The first-order valence-corrected chi connectivity index (χ1v) is 8.40. The average molecular weight is 325 g/mol. The van der Waals surface area contributed by atoms with E-state index in [0.29, 0.717) is 17.9 Å². The third-order valence-corrected chi connectivity index (χ3v) is 5.02.